The van der Waals surface area contributed by atoms with Gasteiger partial charge in [-0.15, -0.1) is 0 Å². The van der Waals surface area contributed by atoms with E-state index < -0.39 is 11.7 Å². The molecule has 1 atom stereocenters. The van der Waals surface area contributed by atoms with E-state index in [1.807, 2.05) is 18.2 Å². The Morgan fingerprint density at radius 2 is 1.90 bits per heavy atom. The molecule has 0 radical (unpaired) electrons. The van der Waals surface area contributed by atoms with E-state index >= 15 is 0 Å². The van der Waals surface area contributed by atoms with Gasteiger partial charge in [0.15, 0.2) is 0 Å². The Hall–Kier alpha value is -1.88. The van der Waals surface area contributed by atoms with Crippen LogP contribution in [0.5, 0.6) is 5.75 Å². The zero-order valence-electron chi connectivity index (χ0n) is 10.7. The summed E-state index contributed by atoms with van der Waals surface area (Å²) < 4.78 is 43.8. The molecule has 1 unspecified atom stereocenters. The molecule has 3 rings (SSSR count). The highest BCUT2D eigenvalue weighted by Gasteiger charge is 2.32. The lowest BCUT2D eigenvalue weighted by Crippen LogP contribution is -2.24. The molecule has 6 heteroatoms. The van der Waals surface area contributed by atoms with Crippen LogP contribution in [0.2, 0.25) is 5.02 Å². The van der Waals surface area contributed by atoms with Crippen molar-refractivity contribution in [2.75, 3.05) is 11.9 Å². The van der Waals surface area contributed by atoms with Crippen LogP contribution in [-0.4, -0.2) is 6.54 Å². The van der Waals surface area contributed by atoms with Crippen LogP contribution in [0, 0.1) is 0 Å². The molecule has 0 fully saturated rings. The topological polar surface area (TPSA) is 21.3 Å². The standard InChI is InChI=1S/C15H11ClF3NO/c16-11-4-2-1-3-10(11)14-8-20-12-7-9(15(17,18)19)5-6-13(12)21-14/h1-7,14,20H,8H2. The fourth-order valence-corrected chi connectivity index (χ4v) is 2.51. The second kappa shape index (κ2) is 5.15. The molecule has 0 saturated carbocycles. The highest BCUT2D eigenvalue weighted by atomic mass is 35.5. The molecule has 0 saturated heterocycles. The summed E-state index contributed by atoms with van der Waals surface area (Å²) in [7, 11) is 0. The summed E-state index contributed by atoms with van der Waals surface area (Å²) in [4.78, 5) is 0. The van der Waals surface area contributed by atoms with Crippen LogP contribution in [0.3, 0.4) is 0 Å². The van der Waals surface area contributed by atoms with Crippen molar-refractivity contribution in [1.29, 1.82) is 0 Å². The molecule has 2 aromatic rings. The largest absolute Gasteiger partial charge is 0.482 e. The SMILES string of the molecule is FC(F)(F)c1ccc2c(c1)NCC(c1ccccc1Cl)O2. The number of ether oxygens (including phenoxy) is 1. The van der Waals surface area contributed by atoms with Crippen molar-refractivity contribution < 1.29 is 17.9 Å². The quantitative estimate of drug-likeness (QED) is 0.808. The number of alkyl halides is 3. The Morgan fingerprint density at radius 1 is 1.14 bits per heavy atom. The van der Waals surface area contributed by atoms with Crippen LogP contribution < -0.4 is 10.1 Å². The maximum atomic E-state index is 12.7. The van der Waals surface area contributed by atoms with Gasteiger partial charge in [-0.2, -0.15) is 13.2 Å². The van der Waals surface area contributed by atoms with E-state index in [4.69, 9.17) is 16.3 Å². The minimum absolute atomic E-state index is 0.331. The molecule has 21 heavy (non-hydrogen) atoms. The molecule has 1 N–H and O–H groups in total. The minimum Gasteiger partial charge on any atom is -0.482 e. The second-order valence-electron chi connectivity index (χ2n) is 4.72. The molecule has 1 heterocycles. The van der Waals surface area contributed by atoms with Gasteiger partial charge in [-0.25, -0.2) is 0 Å². The van der Waals surface area contributed by atoms with Crippen molar-refractivity contribution >= 4 is 17.3 Å². The first kappa shape index (κ1) is 14.1. The molecule has 0 bridgehead atoms. The summed E-state index contributed by atoms with van der Waals surface area (Å²) in [5.74, 6) is 0.388. The molecule has 1 aliphatic heterocycles. The number of rotatable bonds is 1. The average Bonchev–Trinajstić information content (AvgIpc) is 2.46. The Labute approximate surface area is 124 Å². The fraction of sp³-hybridized carbons (Fsp3) is 0.200. The van der Waals surface area contributed by atoms with Gasteiger partial charge < -0.3 is 10.1 Å². The van der Waals surface area contributed by atoms with Gasteiger partial charge in [0.25, 0.3) is 0 Å². The maximum absolute atomic E-state index is 12.7. The number of nitrogens with one attached hydrogen (secondary N) is 1. The Bertz CT molecular complexity index is 672. The van der Waals surface area contributed by atoms with Gasteiger partial charge in [-0.3, -0.25) is 0 Å². The van der Waals surface area contributed by atoms with Gasteiger partial charge in [-0.1, -0.05) is 29.8 Å². The molecule has 0 aromatic heterocycles. The predicted molar refractivity (Wildman–Crippen MR) is 74.8 cm³/mol. The van der Waals surface area contributed by atoms with E-state index in [9.17, 15) is 13.2 Å². The first-order chi connectivity index (χ1) is 9.95. The van der Waals surface area contributed by atoms with Crippen LogP contribution in [0.25, 0.3) is 0 Å². The summed E-state index contributed by atoms with van der Waals surface area (Å²) in [6.45, 7) is 0.359. The lowest BCUT2D eigenvalue weighted by atomic mass is 10.1. The van der Waals surface area contributed by atoms with Gasteiger partial charge in [0.2, 0.25) is 0 Å². The molecule has 0 amide bonds. The highest BCUT2D eigenvalue weighted by molar-refractivity contribution is 6.31. The number of hydrogen-bond acceptors (Lipinski definition) is 2. The molecule has 0 aliphatic carbocycles. The van der Waals surface area contributed by atoms with Gasteiger partial charge in [-0.05, 0) is 24.3 Å². The number of benzene rings is 2. The van der Waals surface area contributed by atoms with E-state index in [1.54, 1.807) is 6.07 Å². The number of hydrogen-bond donors (Lipinski definition) is 1. The Balaban J connectivity index is 1.89. The lowest BCUT2D eigenvalue weighted by molar-refractivity contribution is -0.137. The monoisotopic (exact) mass is 313 g/mol. The smallest absolute Gasteiger partial charge is 0.416 e. The lowest BCUT2D eigenvalue weighted by Gasteiger charge is -2.28. The molecular formula is C15H11ClF3NO. The van der Waals surface area contributed by atoms with Crippen LogP contribution in [-0.2, 0) is 6.18 Å². The molecule has 0 spiro atoms. The Kier molecular flexibility index (Phi) is 3.45. The van der Waals surface area contributed by atoms with Crippen molar-refractivity contribution in [3.63, 3.8) is 0 Å². The zero-order valence-corrected chi connectivity index (χ0v) is 11.5. The number of fused-ring (bicyclic) bond motifs is 1. The van der Waals surface area contributed by atoms with E-state index in [-0.39, 0.29) is 6.10 Å². The maximum Gasteiger partial charge on any atom is 0.416 e. The summed E-state index contributed by atoms with van der Waals surface area (Å²) in [5.41, 5.74) is 0.443. The van der Waals surface area contributed by atoms with Crippen LogP contribution in [0.1, 0.15) is 17.2 Å². The van der Waals surface area contributed by atoms with Gasteiger partial charge in [0.1, 0.15) is 11.9 Å². The summed E-state index contributed by atoms with van der Waals surface area (Å²) >= 11 is 6.11. The second-order valence-corrected chi connectivity index (χ2v) is 5.12. The number of halogens is 4. The van der Waals surface area contributed by atoms with Gasteiger partial charge >= 0.3 is 6.18 Å². The van der Waals surface area contributed by atoms with E-state index in [2.05, 4.69) is 5.32 Å². The zero-order chi connectivity index (χ0) is 15.0. The van der Waals surface area contributed by atoms with E-state index in [1.165, 1.54) is 6.07 Å². The molecular weight excluding hydrogens is 303 g/mol. The van der Waals surface area contributed by atoms with Crippen molar-refractivity contribution in [3.8, 4) is 5.75 Å². The van der Waals surface area contributed by atoms with E-state index in [0.29, 0.717) is 23.0 Å². The van der Waals surface area contributed by atoms with Gasteiger partial charge in [0.05, 0.1) is 17.8 Å². The third kappa shape index (κ3) is 2.78. The van der Waals surface area contributed by atoms with E-state index in [0.717, 1.165) is 17.7 Å². The normalized spacial score (nSPS) is 17.6. The van der Waals surface area contributed by atoms with Crippen molar-refractivity contribution in [1.82, 2.24) is 0 Å². The third-order valence-corrected chi connectivity index (χ3v) is 3.65. The first-order valence-electron chi connectivity index (χ1n) is 6.31. The minimum atomic E-state index is -4.36. The molecule has 2 aromatic carbocycles. The third-order valence-electron chi connectivity index (χ3n) is 3.31. The highest BCUT2D eigenvalue weighted by Crippen LogP contribution is 2.39. The molecule has 110 valence electrons. The van der Waals surface area contributed by atoms with Gasteiger partial charge in [0, 0.05) is 10.6 Å². The molecule has 1 aliphatic rings. The first-order valence-corrected chi connectivity index (χ1v) is 6.69. The van der Waals surface area contributed by atoms with Crippen LogP contribution in [0.15, 0.2) is 42.5 Å². The number of anilines is 1. The van der Waals surface area contributed by atoms with Crippen LogP contribution >= 0.6 is 11.6 Å². The summed E-state index contributed by atoms with van der Waals surface area (Å²) in [6, 6.07) is 10.6. The van der Waals surface area contributed by atoms with Crippen molar-refractivity contribution in [2.45, 2.75) is 12.3 Å². The predicted octanol–water partition coefficient (Wildman–Crippen LogP) is 4.90. The average molecular weight is 314 g/mol. The Morgan fingerprint density at radius 3 is 2.62 bits per heavy atom. The summed E-state index contributed by atoms with van der Waals surface area (Å²) in [6.07, 6.45) is -4.70. The molecule has 2 nitrogen and oxygen atoms in total. The fourth-order valence-electron chi connectivity index (χ4n) is 2.25. The van der Waals surface area contributed by atoms with Crippen molar-refractivity contribution in [2.24, 2.45) is 0 Å². The summed E-state index contributed by atoms with van der Waals surface area (Å²) in [5, 5.41) is 3.54. The van der Waals surface area contributed by atoms with Crippen LogP contribution in [0.4, 0.5) is 18.9 Å². The van der Waals surface area contributed by atoms with Crippen molar-refractivity contribution in [3.05, 3.63) is 58.6 Å².